The molecule has 0 spiro atoms. The number of alkyl halides is 3. The molecular formula is C14H27F3N2O2. The number of hydrogen-bond donors (Lipinski definition) is 2. The summed E-state index contributed by atoms with van der Waals surface area (Å²) in [7, 11) is 1.62. The van der Waals surface area contributed by atoms with E-state index >= 15 is 0 Å². The number of nitrogens with zero attached hydrogens (tertiary/aromatic N) is 1. The number of aliphatic carboxylic acids is 1. The summed E-state index contributed by atoms with van der Waals surface area (Å²) in [5.74, 6) is -0.892. The number of carboxylic acids is 1. The number of carboxylic acid groups (broad SMARTS) is 1. The van der Waals surface area contributed by atoms with Gasteiger partial charge in [0.2, 0.25) is 0 Å². The Labute approximate surface area is 124 Å². The van der Waals surface area contributed by atoms with Crippen molar-refractivity contribution >= 4 is 5.97 Å². The van der Waals surface area contributed by atoms with E-state index in [4.69, 9.17) is 0 Å². The lowest BCUT2D eigenvalue weighted by Gasteiger charge is -2.30. The molecule has 0 aliphatic rings. The van der Waals surface area contributed by atoms with Gasteiger partial charge in [0.1, 0.15) is 5.54 Å². The van der Waals surface area contributed by atoms with E-state index in [0.717, 1.165) is 6.42 Å². The SMILES string of the molecule is CCCNC(CC)(CCCN(C)CCC(F)(F)F)C(=O)O. The topological polar surface area (TPSA) is 52.6 Å². The van der Waals surface area contributed by atoms with Crippen LogP contribution < -0.4 is 5.32 Å². The molecule has 0 aliphatic heterocycles. The fraction of sp³-hybridized carbons (Fsp3) is 0.929. The van der Waals surface area contributed by atoms with Gasteiger partial charge in [-0.25, -0.2) is 0 Å². The van der Waals surface area contributed by atoms with Crippen molar-refractivity contribution in [3.05, 3.63) is 0 Å². The predicted molar refractivity (Wildman–Crippen MR) is 76.4 cm³/mol. The third-order valence-electron chi connectivity index (χ3n) is 3.65. The zero-order chi connectivity index (χ0) is 16.5. The lowest BCUT2D eigenvalue weighted by atomic mass is 9.90. The second kappa shape index (κ2) is 9.25. The van der Waals surface area contributed by atoms with Crippen molar-refractivity contribution < 1.29 is 23.1 Å². The summed E-state index contributed by atoms with van der Waals surface area (Å²) in [4.78, 5) is 13.1. The Bertz CT molecular complexity index is 311. The minimum absolute atomic E-state index is 0.0575. The highest BCUT2D eigenvalue weighted by Crippen LogP contribution is 2.21. The minimum Gasteiger partial charge on any atom is -0.480 e. The van der Waals surface area contributed by atoms with Crippen molar-refractivity contribution in [1.82, 2.24) is 10.2 Å². The van der Waals surface area contributed by atoms with E-state index in [0.29, 0.717) is 32.4 Å². The summed E-state index contributed by atoms with van der Waals surface area (Å²) >= 11 is 0. The molecule has 0 rings (SSSR count). The summed E-state index contributed by atoms with van der Waals surface area (Å²) in [6.07, 6.45) is -2.74. The first-order chi connectivity index (χ1) is 9.67. The van der Waals surface area contributed by atoms with Crippen molar-refractivity contribution in [3.8, 4) is 0 Å². The summed E-state index contributed by atoms with van der Waals surface area (Å²) in [5, 5.41) is 12.5. The third-order valence-corrected chi connectivity index (χ3v) is 3.65. The molecule has 0 aromatic rings. The molecule has 7 heteroatoms. The molecule has 0 fully saturated rings. The summed E-state index contributed by atoms with van der Waals surface area (Å²) in [6.45, 7) is 4.78. The van der Waals surface area contributed by atoms with Gasteiger partial charge in [0.25, 0.3) is 0 Å². The molecule has 0 aromatic heterocycles. The smallest absolute Gasteiger partial charge is 0.390 e. The van der Waals surface area contributed by atoms with E-state index in [1.165, 1.54) is 0 Å². The van der Waals surface area contributed by atoms with Gasteiger partial charge in [-0.3, -0.25) is 4.79 Å². The van der Waals surface area contributed by atoms with Crippen LogP contribution in [0.5, 0.6) is 0 Å². The highest BCUT2D eigenvalue weighted by Gasteiger charge is 2.35. The highest BCUT2D eigenvalue weighted by molar-refractivity contribution is 5.78. The second-order valence-electron chi connectivity index (χ2n) is 5.44. The Hall–Kier alpha value is -0.820. The Morgan fingerprint density at radius 2 is 1.81 bits per heavy atom. The maximum atomic E-state index is 12.1. The Balaban J connectivity index is 4.27. The van der Waals surface area contributed by atoms with Gasteiger partial charge in [-0.2, -0.15) is 13.2 Å². The van der Waals surface area contributed by atoms with Gasteiger partial charge in [-0.15, -0.1) is 0 Å². The Morgan fingerprint density at radius 3 is 2.24 bits per heavy atom. The first kappa shape index (κ1) is 20.2. The number of nitrogens with one attached hydrogen (secondary N) is 1. The lowest BCUT2D eigenvalue weighted by Crippen LogP contribution is -2.52. The second-order valence-corrected chi connectivity index (χ2v) is 5.44. The lowest BCUT2D eigenvalue weighted by molar-refractivity contribution is -0.145. The van der Waals surface area contributed by atoms with Gasteiger partial charge in [-0.05, 0) is 45.8 Å². The Kier molecular flexibility index (Phi) is 8.89. The summed E-state index contributed by atoms with van der Waals surface area (Å²) in [6, 6.07) is 0. The number of halogens is 3. The minimum atomic E-state index is -4.15. The van der Waals surface area contributed by atoms with E-state index in [9.17, 15) is 23.1 Å². The van der Waals surface area contributed by atoms with Crippen LogP contribution in [0.15, 0.2) is 0 Å². The van der Waals surface area contributed by atoms with Crippen LogP contribution in [-0.4, -0.2) is 54.4 Å². The molecule has 0 heterocycles. The average molecular weight is 312 g/mol. The fourth-order valence-electron chi connectivity index (χ4n) is 2.17. The van der Waals surface area contributed by atoms with Crippen LogP contribution in [0.3, 0.4) is 0 Å². The van der Waals surface area contributed by atoms with Crippen molar-refractivity contribution in [2.75, 3.05) is 26.7 Å². The maximum Gasteiger partial charge on any atom is 0.390 e. The fourth-order valence-corrected chi connectivity index (χ4v) is 2.17. The van der Waals surface area contributed by atoms with Crippen molar-refractivity contribution in [1.29, 1.82) is 0 Å². The molecule has 0 saturated carbocycles. The first-order valence-electron chi connectivity index (χ1n) is 7.40. The van der Waals surface area contributed by atoms with Crippen molar-refractivity contribution in [3.63, 3.8) is 0 Å². The van der Waals surface area contributed by atoms with Gasteiger partial charge >= 0.3 is 12.1 Å². The molecule has 0 aromatic carbocycles. The zero-order valence-electron chi connectivity index (χ0n) is 13.1. The first-order valence-corrected chi connectivity index (χ1v) is 7.40. The molecule has 0 aliphatic carbocycles. The van der Waals surface area contributed by atoms with Crippen LogP contribution in [0.1, 0.15) is 46.0 Å². The van der Waals surface area contributed by atoms with E-state index in [1.54, 1.807) is 11.9 Å². The highest BCUT2D eigenvalue weighted by atomic mass is 19.4. The van der Waals surface area contributed by atoms with E-state index in [1.807, 2.05) is 13.8 Å². The molecule has 0 radical (unpaired) electrons. The van der Waals surface area contributed by atoms with Crippen LogP contribution in [0.25, 0.3) is 0 Å². The maximum absolute atomic E-state index is 12.1. The molecule has 0 bridgehead atoms. The molecule has 0 amide bonds. The zero-order valence-corrected chi connectivity index (χ0v) is 13.1. The average Bonchev–Trinajstić information content (AvgIpc) is 2.39. The molecule has 2 N–H and O–H groups in total. The van der Waals surface area contributed by atoms with Crippen LogP contribution in [0.2, 0.25) is 0 Å². The quantitative estimate of drug-likeness (QED) is 0.616. The van der Waals surface area contributed by atoms with E-state index in [2.05, 4.69) is 5.32 Å². The third kappa shape index (κ3) is 8.26. The summed E-state index contributed by atoms with van der Waals surface area (Å²) < 4.78 is 36.3. The van der Waals surface area contributed by atoms with Crippen LogP contribution in [0.4, 0.5) is 13.2 Å². The van der Waals surface area contributed by atoms with Crippen molar-refractivity contribution in [2.45, 2.75) is 57.7 Å². The van der Waals surface area contributed by atoms with Gasteiger partial charge in [0, 0.05) is 6.54 Å². The molecule has 1 atom stereocenters. The summed E-state index contributed by atoms with van der Waals surface area (Å²) in [5.41, 5.74) is -0.971. The Morgan fingerprint density at radius 1 is 1.19 bits per heavy atom. The molecule has 21 heavy (non-hydrogen) atoms. The van der Waals surface area contributed by atoms with Crippen molar-refractivity contribution in [2.24, 2.45) is 0 Å². The van der Waals surface area contributed by atoms with Gasteiger partial charge in [0.15, 0.2) is 0 Å². The molecule has 0 saturated heterocycles. The van der Waals surface area contributed by atoms with Crippen LogP contribution >= 0.6 is 0 Å². The van der Waals surface area contributed by atoms with Gasteiger partial charge < -0.3 is 15.3 Å². The van der Waals surface area contributed by atoms with E-state index in [-0.39, 0.29) is 6.54 Å². The van der Waals surface area contributed by atoms with Crippen LogP contribution in [0, 0.1) is 0 Å². The van der Waals surface area contributed by atoms with Crippen LogP contribution in [-0.2, 0) is 4.79 Å². The number of hydrogen-bond acceptors (Lipinski definition) is 3. The van der Waals surface area contributed by atoms with Gasteiger partial charge in [0.05, 0.1) is 6.42 Å². The molecule has 1 unspecified atom stereocenters. The predicted octanol–water partition coefficient (Wildman–Crippen LogP) is 2.88. The normalized spacial score (nSPS) is 15.2. The van der Waals surface area contributed by atoms with E-state index < -0.39 is 24.1 Å². The standard InChI is InChI=1S/C14H27F3N2O2/c1-4-9-18-13(5-2,12(20)21)7-6-10-19(3)11-8-14(15,16)17/h18H,4-11H2,1-3H3,(H,20,21). The molecule has 126 valence electrons. The number of carbonyl (C=O) groups is 1. The molecular weight excluding hydrogens is 285 g/mol. The largest absolute Gasteiger partial charge is 0.480 e. The van der Waals surface area contributed by atoms with Gasteiger partial charge in [-0.1, -0.05) is 13.8 Å². The molecule has 4 nitrogen and oxygen atoms in total. The number of rotatable bonds is 11. The monoisotopic (exact) mass is 312 g/mol.